The standard InChI is InChI=1S/C20H22O5/c1-11-5-4-7-20(3)9-14(24-19(22)13-6-8-23-10-13)15-12(2)18(21)25-17(15)16(11)20/h6,8,10,14-17H,1-2,4-5,7,9H2,3H3/t14-,15-,16+,17-,20+/m1/s1. The zero-order chi connectivity index (χ0) is 17.8. The molecule has 1 aliphatic heterocycles. The fraction of sp³-hybridized carbons (Fsp3) is 0.500. The Balaban J connectivity index is 1.67. The van der Waals surface area contributed by atoms with Crippen molar-refractivity contribution in [2.75, 3.05) is 0 Å². The lowest BCUT2D eigenvalue weighted by Gasteiger charge is -2.52. The molecular weight excluding hydrogens is 320 g/mol. The molecule has 5 heteroatoms. The zero-order valence-electron chi connectivity index (χ0n) is 14.3. The maximum Gasteiger partial charge on any atom is 0.341 e. The van der Waals surface area contributed by atoms with Gasteiger partial charge in [-0.3, -0.25) is 0 Å². The van der Waals surface area contributed by atoms with Crippen LogP contribution in [-0.2, 0) is 14.3 Å². The molecule has 0 radical (unpaired) electrons. The lowest BCUT2D eigenvalue weighted by Crippen LogP contribution is -2.53. The van der Waals surface area contributed by atoms with Crippen LogP contribution in [-0.4, -0.2) is 24.1 Å². The average Bonchev–Trinajstić information content (AvgIpc) is 3.16. The largest absolute Gasteiger partial charge is 0.472 e. The normalized spacial score (nSPS) is 37.2. The predicted molar refractivity (Wildman–Crippen MR) is 89.6 cm³/mol. The summed E-state index contributed by atoms with van der Waals surface area (Å²) in [7, 11) is 0. The summed E-state index contributed by atoms with van der Waals surface area (Å²) >= 11 is 0. The minimum absolute atomic E-state index is 0.0945. The van der Waals surface area contributed by atoms with Gasteiger partial charge in [0.05, 0.1) is 17.7 Å². The highest BCUT2D eigenvalue weighted by atomic mass is 16.6. The molecule has 0 aromatic carbocycles. The lowest BCUT2D eigenvalue weighted by atomic mass is 9.54. The molecule has 2 saturated carbocycles. The highest BCUT2D eigenvalue weighted by molar-refractivity contribution is 5.92. The molecular formula is C20H22O5. The van der Waals surface area contributed by atoms with Gasteiger partial charge < -0.3 is 13.9 Å². The van der Waals surface area contributed by atoms with Crippen LogP contribution in [0.2, 0.25) is 0 Å². The van der Waals surface area contributed by atoms with Crippen molar-refractivity contribution in [3.8, 4) is 0 Å². The molecule has 3 fully saturated rings. The molecule has 0 N–H and O–H groups in total. The molecule has 2 heterocycles. The van der Waals surface area contributed by atoms with Crippen molar-refractivity contribution in [3.05, 3.63) is 48.5 Å². The number of rotatable bonds is 2. The summed E-state index contributed by atoms with van der Waals surface area (Å²) in [5.41, 5.74) is 1.80. The van der Waals surface area contributed by atoms with Crippen LogP contribution < -0.4 is 0 Å². The molecule has 0 spiro atoms. The van der Waals surface area contributed by atoms with Crippen molar-refractivity contribution < 1.29 is 23.5 Å². The SMILES string of the molecule is C=C1C(=O)O[C@@H]2[C@H]1[C@H](OC(=O)c1ccoc1)C[C@]1(C)CCCC(=C)[C@@H]21. The molecule has 1 aromatic rings. The quantitative estimate of drug-likeness (QED) is 0.466. The molecule has 0 amide bonds. The monoisotopic (exact) mass is 342 g/mol. The maximum absolute atomic E-state index is 12.4. The Kier molecular flexibility index (Phi) is 3.63. The van der Waals surface area contributed by atoms with Gasteiger partial charge in [0, 0.05) is 11.5 Å². The van der Waals surface area contributed by atoms with Gasteiger partial charge in [-0.1, -0.05) is 25.7 Å². The van der Waals surface area contributed by atoms with E-state index in [1.807, 2.05) is 0 Å². The molecule has 1 saturated heterocycles. The van der Waals surface area contributed by atoms with E-state index in [2.05, 4.69) is 20.1 Å². The highest BCUT2D eigenvalue weighted by Crippen LogP contribution is 2.57. The molecule has 132 valence electrons. The average molecular weight is 342 g/mol. The molecule has 3 aliphatic rings. The second-order valence-electron chi connectivity index (χ2n) is 7.72. The van der Waals surface area contributed by atoms with Crippen molar-refractivity contribution in [1.82, 2.24) is 0 Å². The number of hydrogen-bond acceptors (Lipinski definition) is 5. The van der Waals surface area contributed by atoms with E-state index >= 15 is 0 Å². The van der Waals surface area contributed by atoms with Crippen LogP contribution in [0.3, 0.4) is 0 Å². The first-order chi connectivity index (χ1) is 11.9. The third-order valence-corrected chi connectivity index (χ3v) is 6.11. The van der Waals surface area contributed by atoms with Crippen LogP contribution in [0.1, 0.15) is 43.0 Å². The molecule has 0 unspecified atom stereocenters. The van der Waals surface area contributed by atoms with Crippen molar-refractivity contribution >= 4 is 11.9 Å². The topological polar surface area (TPSA) is 65.7 Å². The fourth-order valence-electron chi connectivity index (χ4n) is 4.99. The number of ether oxygens (including phenoxy) is 2. The number of carbonyl (C=O) groups excluding carboxylic acids is 2. The van der Waals surface area contributed by atoms with Gasteiger partial charge in [0.1, 0.15) is 18.5 Å². The van der Waals surface area contributed by atoms with Crippen LogP contribution in [0.4, 0.5) is 0 Å². The number of hydrogen-bond donors (Lipinski definition) is 0. The third kappa shape index (κ3) is 2.44. The second-order valence-corrected chi connectivity index (χ2v) is 7.72. The molecule has 5 atom stereocenters. The smallest absolute Gasteiger partial charge is 0.341 e. The van der Waals surface area contributed by atoms with Crippen molar-refractivity contribution in [1.29, 1.82) is 0 Å². The van der Waals surface area contributed by atoms with Gasteiger partial charge in [-0.05, 0) is 37.2 Å². The van der Waals surface area contributed by atoms with Gasteiger partial charge in [-0.15, -0.1) is 0 Å². The number of esters is 2. The Labute approximate surface area is 146 Å². The van der Waals surface area contributed by atoms with Gasteiger partial charge >= 0.3 is 11.9 Å². The fourth-order valence-corrected chi connectivity index (χ4v) is 4.99. The van der Waals surface area contributed by atoms with E-state index in [1.165, 1.54) is 12.5 Å². The number of carbonyl (C=O) groups is 2. The van der Waals surface area contributed by atoms with Gasteiger partial charge in [0.2, 0.25) is 0 Å². The summed E-state index contributed by atoms with van der Waals surface area (Å²) in [5, 5.41) is 0. The molecule has 25 heavy (non-hydrogen) atoms. The van der Waals surface area contributed by atoms with Crippen LogP contribution in [0.5, 0.6) is 0 Å². The van der Waals surface area contributed by atoms with Crippen molar-refractivity contribution in [3.63, 3.8) is 0 Å². The molecule has 2 aliphatic carbocycles. The molecule has 4 rings (SSSR count). The molecule has 5 nitrogen and oxygen atoms in total. The summed E-state index contributed by atoms with van der Waals surface area (Å²) in [6, 6.07) is 1.57. The first-order valence-corrected chi connectivity index (χ1v) is 8.71. The highest BCUT2D eigenvalue weighted by Gasteiger charge is 2.59. The van der Waals surface area contributed by atoms with Crippen LogP contribution >= 0.6 is 0 Å². The zero-order valence-corrected chi connectivity index (χ0v) is 14.3. The Hall–Kier alpha value is -2.30. The Morgan fingerprint density at radius 2 is 2.20 bits per heavy atom. The van der Waals surface area contributed by atoms with E-state index in [9.17, 15) is 9.59 Å². The first kappa shape index (κ1) is 16.2. The van der Waals surface area contributed by atoms with Crippen LogP contribution in [0, 0.1) is 17.3 Å². The summed E-state index contributed by atoms with van der Waals surface area (Å²) < 4.78 is 16.4. The predicted octanol–water partition coefficient (Wildman–Crippen LogP) is 3.67. The summed E-state index contributed by atoms with van der Waals surface area (Å²) in [4.78, 5) is 24.6. The van der Waals surface area contributed by atoms with E-state index in [0.29, 0.717) is 17.6 Å². The minimum atomic E-state index is -0.443. The van der Waals surface area contributed by atoms with E-state index in [4.69, 9.17) is 13.9 Å². The van der Waals surface area contributed by atoms with Crippen molar-refractivity contribution in [2.24, 2.45) is 17.3 Å². The Bertz CT molecular complexity index is 746. The molecule has 1 aromatic heterocycles. The lowest BCUT2D eigenvalue weighted by molar-refractivity contribution is -0.149. The molecule has 0 bridgehead atoms. The summed E-state index contributed by atoms with van der Waals surface area (Å²) in [6.45, 7) is 10.3. The van der Waals surface area contributed by atoms with Crippen LogP contribution in [0.15, 0.2) is 47.3 Å². The summed E-state index contributed by atoms with van der Waals surface area (Å²) in [5.74, 6) is -1.04. The maximum atomic E-state index is 12.4. The second kappa shape index (κ2) is 5.61. The van der Waals surface area contributed by atoms with Gasteiger partial charge in [-0.25, -0.2) is 9.59 Å². The van der Waals surface area contributed by atoms with Gasteiger partial charge in [0.15, 0.2) is 0 Å². The Morgan fingerprint density at radius 3 is 2.92 bits per heavy atom. The van der Waals surface area contributed by atoms with E-state index in [-0.39, 0.29) is 29.3 Å². The minimum Gasteiger partial charge on any atom is -0.472 e. The van der Waals surface area contributed by atoms with Gasteiger partial charge in [0.25, 0.3) is 0 Å². The Morgan fingerprint density at radius 1 is 1.40 bits per heavy atom. The first-order valence-electron chi connectivity index (χ1n) is 8.71. The van der Waals surface area contributed by atoms with Crippen LogP contribution in [0.25, 0.3) is 0 Å². The number of furan rings is 1. The van der Waals surface area contributed by atoms with E-state index in [0.717, 1.165) is 24.8 Å². The third-order valence-electron chi connectivity index (χ3n) is 6.11. The van der Waals surface area contributed by atoms with Gasteiger partial charge in [-0.2, -0.15) is 0 Å². The van der Waals surface area contributed by atoms with E-state index < -0.39 is 12.1 Å². The number of fused-ring (bicyclic) bond motifs is 3. The van der Waals surface area contributed by atoms with Crippen molar-refractivity contribution in [2.45, 2.75) is 44.8 Å². The summed E-state index contributed by atoms with van der Waals surface area (Å²) in [6.07, 6.45) is 5.71. The van der Waals surface area contributed by atoms with E-state index in [1.54, 1.807) is 6.07 Å².